The molecule has 2 aromatic carbocycles. The minimum absolute atomic E-state index is 0.119. The second-order valence-electron chi connectivity index (χ2n) is 9.76. The maximum Gasteiger partial charge on any atom is 0.323 e. The first-order valence-corrected chi connectivity index (χ1v) is 12.5. The Hall–Kier alpha value is -4.56. The monoisotopic (exact) mass is 531 g/mol. The average molecular weight is 532 g/mol. The summed E-state index contributed by atoms with van der Waals surface area (Å²) in [5, 5.41) is 4.83. The summed E-state index contributed by atoms with van der Waals surface area (Å²) in [5.74, 6) is 5.71. The zero-order chi connectivity index (χ0) is 27.7. The highest BCUT2D eigenvalue weighted by molar-refractivity contribution is 6.10. The smallest absolute Gasteiger partial charge is 0.323 e. The van der Waals surface area contributed by atoms with Crippen molar-refractivity contribution < 1.29 is 28.7 Å². The normalized spacial score (nSPS) is 20.6. The van der Waals surface area contributed by atoms with E-state index in [0.29, 0.717) is 41.3 Å². The number of ether oxygens (including phenoxy) is 2. The molecule has 1 atom stereocenters. The number of hydrogen-bond donors (Lipinski definition) is 2. The van der Waals surface area contributed by atoms with Crippen LogP contribution in [0.1, 0.15) is 31.8 Å². The van der Waals surface area contributed by atoms with Crippen molar-refractivity contribution in [3.63, 3.8) is 0 Å². The second kappa shape index (κ2) is 10.3. The van der Waals surface area contributed by atoms with E-state index in [9.17, 15) is 19.2 Å². The van der Waals surface area contributed by atoms with Crippen molar-refractivity contribution in [2.45, 2.75) is 12.1 Å². The van der Waals surface area contributed by atoms with Gasteiger partial charge in [-0.1, -0.05) is 17.9 Å². The van der Waals surface area contributed by atoms with Gasteiger partial charge in [0, 0.05) is 43.9 Å². The molecule has 39 heavy (non-hydrogen) atoms. The fourth-order valence-electron chi connectivity index (χ4n) is 4.92. The number of hydrogen-bond acceptors (Lipinski definition) is 7. The highest BCUT2D eigenvalue weighted by atomic mass is 16.5. The SMILES string of the molecule is COc1ccc2c(c1)C(=O)N(C[C@@]1(C#Cc3cc(C(=O)N4CCN(C)CC4)ccc3OC)NC(=O)NC1=O)C2. The number of benzene rings is 2. The molecule has 0 unspecified atom stereocenters. The van der Waals surface area contributed by atoms with Crippen molar-refractivity contribution >= 4 is 23.8 Å². The first-order valence-electron chi connectivity index (χ1n) is 12.5. The van der Waals surface area contributed by atoms with Crippen molar-refractivity contribution in [3.8, 4) is 23.3 Å². The van der Waals surface area contributed by atoms with Crippen LogP contribution in [-0.4, -0.2) is 98.0 Å². The average Bonchev–Trinajstić information content (AvgIpc) is 3.40. The molecule has 0 aromatic heterocycles. The third-order valence-electron chi connectivity index (χ3n) is 7.21. The van der Waals surface area contributed by atoms with Gasteiger partial charge in [0.05, 0.1) is 26.3 Å². The van der Waals surface area contributed by atoms with Crippen LogP contribution in [0.15, 0.2) is 36.4 Å². The van der Waals surface area contributed by atoms with E-state index in [1.807, 2.05) is 7.05 Å². The molecule has 0 radical (unpaired) electrons. The Balaban J connectivity index is 1.44. The van der Waals surface area contributed by atoms with Crippen LogP contribution < -0.4 is 20.1 Å². The van der Waals surface area contributed by atoms with Crippen molar-refractivity contribution in [1.29, 1.82) is 0 Å². The van der Waals surface area contributed by atoms with E-state index in [4.69, 9.17) is 9.47 Å². The van der Waals surface area contributed by atoms with Gasteiger partial charge in [-0.25, -0.2) is 4.79 Å². The van der Waals surface area contributed by atoms with Crippen molar-refractivity contribution in [1.82, 2.24) is 25.3 Å². The first kappa shape index (κ1) is 26.1. The maximum absolute atomic E-state index is 13.2. The molecular weight excluding hydrogens is 502 g/mol. The molecule has 5 rings (SSSR count). The molecular formula is C28H29N5O6. The lowest BCUT2D eigenvalue weighted by atomic mass is 9.98. The lowest BCUT2D eigenvalue weighted by molar-refractivity contribution is -0.122. The Morgan fingerprint density at radius 1 is 1.03 bits per heavy atom. The third kappa shape index (κ3) is 4.98. The van der Waals surface area contributed by atoms with E-state index in [-0.39, 0.29) is 24.9 Å². The van der Waals surface area contributed by atoms with Gasteiger partial charge in [0.2, 0.25) is 5.54 Å². The predicted octanol–water partition coefficient (Wildman–Crippen LogP) is 0.677. The highest BCUT2D eigenvalue weighted by Gasteiger charge is 2.48. The standard InChI is InChI=1S/C28H29N5O6/c1-31-10-12-32(13-11-31)24(34)19-5-7-23(39-3)18(14-19)8-9-28(26(36)29-27(37)30-28)17-33-16-20-4-6-21(38-2)15-22(20)25(33)35/h4-7,14-15H,10-13,16-17H2,1-3H3,(H2,29,30,36,37)/t28-/m1/s1. The fourth-order valence-corrected chi connectivity index (χ4v) is 4.92. The first-order chi connectivity index (χ1) is 18.7. The van der Waals surface area contributed by atoms with E-state index < -0.39 is 17.5 Å². The molecule has 11 heteroatoms. The Morgan fingerprint density at radius 3 is 2.46 bits per heavy atom. The topological polar surface area (TPSA) is 121 Å². The minimum Gasteiger partial charge on any atom is -0.497 e. The Kier molecular flexibility index (Phi) is 6.89. The van der Waals surface area contributed by atoms with Gasteiger partial charge in [0.15, 0.2) is 0 Å². The quantitative estimate of drug-likeness (QED) is 0.430. The van der Waals surface area contributed by atoms with Crippen molar-refractivity contribution in [3.05, 3.63) is 58.7 Å². The number of amides is 5. The summed E-state index contributed by atoms with van der Waals surface area (Å²) >= 11 is 0. The molecule has 0 saturated carbocycles. The second-order valence-corrected chi connectivity index (χ2v) is 9.76. The summed E-state index contributed by atoms with van der Waals surface area (Å²) < 4.78 is 10.7. The molecule has 2 aromatic rings. The molecule has 2 saturated heterocycles. The van der Waals surface area contributed by atoms with E-state index in [0.717, 1.165) is 18.7 Å². The van der Waals surface area contributed by atoms with Gasteiger partial charge in [-0.3, -0.25) is 19.7 Å². The van der Waals surface area contributed by atoms with Gasteiger partial charge in [-0.05, 0) is 42.9 Å². The van der Waals surface area contributed by atoms with Crippen LogP contribution in [0.2, 0.25) is 0 Å². The number of nitrogens with one attached hydrogen (secondary N) is 2. The number of urea groups is 1. The highest BCUT2D eigenvalue weighted by Crippen LogP contribution is 2.29. The molecule has 2 N–H and O–H groups in total. The van der Waals surface area contributed by atoms with Gasteiger partial charge < -0.3 is 29.5 Å². The Bertz CT molecular complexity index is 1420. The summed E-state index contributed by atoms with van der Waals surface area (Å²) in [6.07, 6.45) is 0. The van der Waals surface area contributed by atoms with Gasteiger partial charge in [-0.15, -0.1) is 0 Å². The van der Waals surface area contributed by atoms with E-state index in [1.54, 1.807) is 41.3 Å². The van der Waals surface area contributed by atoms with Gasteiger partial charge >= 0.3 is 6.03 Å². The van der Waals surface area contributed by atoms with Gasteiger partial charge in [0.25, 0.3) is 17.7 Å². The van der Waals surface area contributed by atoms with E-state index in [2.05, 4.69) is 27.4 Å². The predicted molar refractivity (Wildman–Crippen MR) is 140 cm³/mol. The molecule has 5 amide bonds. The number of rotatable bonds is 5. The number of carbonyl (C=O) groups is 4. The molecule has 0 aliphatic carbocycles. The molecule has 202 valence electrons. The molecule has 3 heterocycles. The number of piperazine rings is 1. The molecule has 3 aliphatic heterocycles. The minimum atomic E-state index is -1.69. The van der Waals surface area contributed by atoms with Gasteiger partial charge in [0.1, 0.15) is 11.5 Å². The zero-order valence-electron chi connectivity index (χ0n) is 22.0. The molecule has 11 nitrogen and oxygen atoms in total. The third-order valence-corrected chi connectivity index (χ3v) is 7.21. The Labute approximate surface area is 226 Å². The molecule has 3 aliphatic rings. The summed E-state index contributed by atoms with van der Waals surface area (Å²) in [4.78, 5) is 56.9. The Morgan fingerprint density at radius 2 is 1.79 bits per heavy atom. The summed E-state index contributed by atoms with van der Waals surface area (Å²) in [5.41, 5.74) is 0.384. The summed E-state index contributed by atoms with van der Waals surface area (Å²) in [6, 6.07) is 9.46. The molecule has 0 bridgehead atoms. The largest absolute Gasteiger partial charge is 0.497 e. The number of nitrogens with zero attached hydrogens (tertiary/aromatic N) is 3. The summed E-state index contributed by atoms with van der Waals surface area (Å²) in [7, 11) is 5.02. The van der Waals surface area contributed by atoms with Crippen LogP contribution in [0, 0.1) is 11.8 Å². The zero-order valence-corrected chi connectivity index (χ0v) is 22.0. The lowest BCUT2D eigenvalue weighted by Gasteiger charge is -2.32. The van der Waals surface area contributed by atoms with Crippen LogP contribution in [-0.2, 0) is 11.3 Å². The van der Waals surface area contributed by atoms with Crippen molar-refractivity contribution in [2.24, 2.45) is 0 Å². The van der Waals surface area contributed by atoms with E-state index >= 15 is 0 Å². The molecule has 0 spiro atoms. The number of likely N-dealkylation sites (N-methyl/N-ethyl adjacent to an activating group) is 1. The number of methoxy groups -OCH3 is 2. The van der Waals surface area contributed by atoms with Crippen LogP contribution >= 0.6 is 0 Å². The lowest BCUT2D eigenvalue weighted by Crippen LogP contribution is -2.54. The number of fused-ring (bicyclic) bond motifs is 1. The summed E-state index contributed by atoms with van der Waals surface area (Å²) in [6.45, 7) is 2.90. The van der Waals surface area contributed by atoms with Crippen LogP contribution in [0.5, 0.6) is 11.5 Å². The fraction of sp³-hybridized carbons (Fsp3) is 0.357. The maximum atomic E-state index is 13.2. The van der Waals surface area contributed by atoms with Crippen molar-refractivity contribution in [2.75, 3.05) is 54.0 Å². The van der Waals surface area contributed by atoms with Gasteiger partial charge in [-0.2, -0.15) is 0 Å². The van der Waals surface area contributed by atoms with Crippen LogP contribution in [0.25, 0.3) is 0 Å². The number of carbonyl (C=O) groups excluding carboxylic acids is 4. The molecule has 2 fully saturated rings. The van der Waals surface area contributed by atoms with Crippen LogP contribution in [0.4, 0.5) is 4.79 Å². The van der Waals surface area contributed by atoms with Crippen LogP contribution in [0.3, 0.4) is 0 Å². The number of imide groups is 1. The van der Waals surface area contributed by atoms with E-state index in [1.165, 1.54) is 19.1 Å².